The number of carboxylic acids is 1. The van der Waals surface area contributed by atoms with Gasteiger partial charge in [-0.2, -0.15) is 5.26 Å². The normalized spacial score (nSPS) is 12.0. The lowest BCUT2D eigenvalue weighted by Gasteiger charge is -2.00. The van der Waals surface area contributed by atoms with Crippen LogP contribution in [0.2, 0.25) is 0 Å². The zero-order valence-electron chi connectivity index (χ0n) is 7.02. The highest BCUT2D eigenvalue weighted by molar-refractivity contribution is 7.09. The van der Waals surface area contributed by atoms with Gasteiger partial charge in [-0.25, -0.2) is 4.98 Å². The van der Waals surface area contributed by atoms with Gasteiger partial charge in [-0.05, 0) is 6.92 Å². The molecule has 1 rings (SSSR count). The number of aryl methyl sites for hydroxylation is 1. The van der Waals surface area contributed by atoms with Gasteiger partial charge in [0.1, 0.15) is 5.92 Å². The number of rotatable bonds is 3. The summed E-state index contributed by atoms with van der Waals surface area (Å²) in [4.78, 5) is 15.4. The third-order valence-electron chi connectivity index (χ3n) is 1.69. The van der Waals surface area contributed by atoms with Gasteiger partial charge < -0.3 is 5.11 Å². The maximum absolute atomic E-state index is 10.5. The third-order valence-corrected chi connectivity index (χ3v) is 2.65. The summed E-state index contributed by atoms with van der Waals surface area (Å²) in [7, 11) is 0. The number of aromatic nitrogens is 1. The van der Waals surface area contributed by atoms with E-state index in [2.05, 4.69) is 4.98 Å². The van der Waals surface area contributed by atoms with Crippen molar-refractivity contribution in [3.05, 3.63) is 16.1 Å². The topological polar surface area (TPSA) is 74.0 Å². The first kappa shape index (κ1) is 9.68. The highest BCUT2D eigenvalue weighted by Crippen LogP contribution is 2.16. The average Bonchev–Trinajstić information content (AvgIpc) is 2.46. The molecule has 0 bridgehead atoms. The smallest absolute Gasteiger partial charge is 0.321 e. The first-order valence-corrected chi connectivity index (χ1v) is 4.54. The Balaban J connectivity index is 2.74. The number of nitriles is 1. The van der Waals surface area contributed by atoms with E-state index in [1.165, 1.54) is 11.3 Å². The van der Waals surface area contributed by atoms with Gasteiger partial charge in [0.15, 0.2) is 0 Å². The lowest BCUT2D eigenvalue weighted by atomic mass is 10.1. The molecule has 4 nitrogen and oxygen atoms in total. The molecule has 0 amide bonds. The van der Waals surface area contributed by atoms with E-state index in [4.69, 9.17) is 10.4 Å². The highest BCUT2D eigenvalue weighted by Gasteiger charge is 2.18. The second-order valence-electron chi connectivity index (χ2n) is 2.58. The summed E-state index contributed by atoms with van der Waals surface area (Å²) in [6.07, 6.45) is 0.252. The molecule has 0 aliphatic rings. The van der Waals surface area contributed by atoms with Crippen LogP contribution in [0, 0.1) is 24.2 Å². The van der Waals surface area contributed by atoms with Gasteiger partial charge >= 0.3 is 5.97 Å². The van der Waals surface area contributed by atoms with Crippen molar-refractivity contribution < 1.29 is 9.90 Å². The number of carboxylic acid groups (broad SMARTS) is 1. The summed E-state index contributed by atoms with van der Waals surface area (Å²) < 4.78 is 0. The average molecular weight is 196 g/mol. The van der Waals surface area contributed by atoms with Crippen LogP contribution in [0.15, 0.2) is 5.51 Å². The molecule has 0 saturated heterocycles. The molecule has 0 saturated carbocycles. The van der Waals surface area contributed by atoms with Crippen molar-refractivity contribution in [2.24, 2.45) is 5.92 Å². The van der Waals surface area contributed by atoms with Gasteiger partial charge in [0.25, 0.3) is 0 Å². The zero-order chi connectivity index (χ0) is 9.84. The van der Waals surface area contributed by atoms with Crippen LogP contribution in [0.25, 0.3) is 0 Å². The summed E-state index contributed by atoms with van der Waals surface area (Å²) in [5, 5.41) is 17.2. The van der Waals surface area contributed by atoms with Crippen LogP contribution < -0.4 is 0 Å². The van der Waals surface area contributed by atoms with Crippen molar-refractivity contribution in [3.8, 4) is 6.07 Å². The zero-order valence-corrected chi connectivity index (χ0v) is 7.84. The number of hydrogen-bond donors (Lipinski definition) is 1. The Morgan fingerprint density at radius 2 is 2.62 bits per heavy atom. The fourth-order valence-electron chi connectivity index (χ4n) is 0.896. The fourth-order valence-corrected chi connectivity index (χ4v) is 1.72. The quantitative estimate of drug-likeness (QED) is 0.788. The predicted molar refractivity (Wildman–Crippen MR) is 47.3 cm³/mol. The van der Waals surface area contributed by atoms with Gasteiger partial charge in [0.05, 0.1) is 17.3 Å². The van der Waals surface area contributed by atoms with E-state index in [1.807, 2.05) is 6.92 Å². The van der Waals surface area contributed by atoms with Crippen LogP contribution in [0.5, 0.6) is 0 Å². The molecule has 0 spiro atoms. The molecule has 0 aliphatic heterocycles. The Morgan fingerprint density at radius 3 is 3.00 bits per heavy atom. The van der Waals surface area contributed by atoms with E-state index >= 15 is 0 Å². The van der Waals surface area contributed by atoms with Gasteiger partial charge in [0.2, 0.25) is 0 Å². The van der Waals surface area contributed by atoms with Crippen molar-refractivity contribution in [3.63, 3.8) is 0 Å². The summed E-state index contributed by atoms with van der Waals surface area (Å²) in [6.45, 7) is 1.81. The second kappa shape index (κ2) is 4.01. The van der Waals surface area contributed by atoms with E-state index in [1.54, 1.807) is 11.6 Å². The molecule has 1 N–H and O–H groups in total. The standard InChI is InChI=1S/C8H8N2O2S/c1-5-7(13-4-10-5)2-6(3-9)8(11)12/h4,6H,2H2,1H3,(H,11,12). The molecule has 0 aliphatic carbocycles. The van der Waals surface area contributed by atoms with Crippen molar-refractivity contribution in [1.82, 2.24) is 4.98 Å². The largest absolute Gasteiger partial charge is 0.480 e. The van der Waals surface area contributed by atoms with E-state index in [9.17, 15) is 4.79 Å². The van der Waals surface area contributed by atoms with E-state index in [0.29, 0.717) is 0 Å². The van der Waals surface area contributed by atoms with Crippen molar-refractivity contribution in [1.29, 1.82) is 5.26 Å². The van der Waals surface area contributed by atoms with Crippen LogP contribution >= 0.6 is 11.3 Å². The molecule has 1 aromatic rings. The summed E-state index contributed by atoms with van der Waals surface area (Å²) in [5.74, 6) is -2.03. The number of carbonyl (C=O) groups is 1. The molecule has 68 valence electrons. The molecule has 0 fully saturated rings. The molecule has 1 unspecified atom stereocenters. The van der Waals surface area contributed by atoms with Crippen LogP contribution in [-0.4, -0.2) is 16.1 Å². The van der Waals surface area contributed by atoms with E-state index in [-0.39, 0.29) is 6.42 Å². The molecule has 1 heterocycles. The van der Waals surface area contributed by atoms with E-state index < -0.39 is 11.9 Å². The third kappa shape index (κ3) is 2.26. The van der Waals surface area contributed by atoms with Crippen molar-refractivity contribution in [2.75, 3.05) is 0 Å². The first-order valence-electron chi connectivity index (χ1n) is 3.66. The minimum Gasteiger partial charge on any atom is -0.480 e. The minimum atomic E-state index is -1.07. The number of thiazole rings is 1. The molecule has 13 heavy (non-hydrogen) atoms. The molecule has 1 aromatic heterocycles. The summed E-state index contributed by atoms with van der Waals surface area (Å²) >= 11 is 1.39. The maximum Gasteiger partial charge on any atom is 0.321 e. The molecular formula is C8H8N2O2S. The minimum absolute atomic E-state index is 0.252. The predicted octanol–water partition coefficient (Wildman–Crippen LogP) is 1.22. The number of aliphatic carboxylic acids is 1. The summed E-state index contributed by atoms with van der Waals surface area (Å²) in [6, 6.07) is 1.75. The van der Waals surface area contributed by atoms with Crippen molar-refractivity contribution in [2.45, 2.75) is 13.3 Å². The van der Waals surface area contributed by atoms with E-state index in [0.717, 1.165) is 10.6 Å². The van der Waals surface area contributed by atoms with Crippen LogP contribution in [0.4, 0.5) is 0 Å². The molecule has 1 atom stereocenters. The van der Waals surface area contributed by atoms with Crippen molar-refractivity contribution >= 4 is 17.3 Å². The van der Waals surface area contributed by atoms with Crippen LogP contribution in [0.1, 0.15) is 10.6 Å². The monoisotopic (exact) mass is 196 g/mol. The first-order chi connectivity index (χ1) is 6.15. The maximum atomic E-state index is 10.5. The van der Waals surface area contributed by atoms with Gasteiger partial charge in [-0.3, -0.25) is 4.79 Å². The molecule has 0 radical (unpaired) electrons. The number of nitrogens with zero attached hydrogens (tertiary/aromatic N) is 2. The van der Waals surface area contributed by atoms with Gasteiger partial charge in [0, 0.05) is 11.3 Å². The Labute approximate surface area is 79.5 Å². The Kier molecular flexibility index (Phi) is 2.98. The van der Waals surface area contributed by atoms with Crippen LogP contribution in [-0.2, 0) is 11.2 Å². The van der Waals surface area contributed by atoms with Crippen LogP contribution in [0.3, 0.4) is 0 Å². The molecule has 0 aromatic carbocycles. The summed E-state index contributed by atoms with van der Waals surface area (Å²) in [5.41, 5.74) is 2.47. The lowest BCUT2D eigenvalue weighted by Crippen LogP contribution is -2.13. The second-order valence-corrected chi connectivity index (χ2v) is 3.52. The fraction of sp³-hybridized carbons (Fsp3) is 0.375. The SMILES string of the molecule is Cc1ncsc1CC(C#N)C(=O)O. The lowest BCUT2D eigenvalue weighted by molar-refractivity contribution is -0.139. The number of hydrogen-bond acceptors (Lipinski definition) is 4. The molecule has 5 heteroatoms. The Bertz CT molecular complexity index is 353. The van der Waals surface area contributed by atoms with Gasteiger partial charge in [-0.15, -0.1) is 11.3 Å². The highest BCUT2D eigenvalue weighted by atomic mass is 32.1. The Hall–Kier alpha value is -1.41. The Morgan fingerprint density at radius 1 is 1.92 bits per heavy atom. The van der Waals surface area contributed by atoms with Gasteiger partial charge in [-0.1, -0.05) is 0 Å². The molecular weight excluding hydrogens is 188 g/mol.